The minimum absolute atomic E-state index is 0.640. The number of hydrogen-bond acceptors (Lipinski definition) is 5. The van der Waals surface area contributed by atoms with Crippen LogP contribution in [0.4, 0.5) is 0 Å². The molecule has 50 heavy (non-hydrogen) atoms. The molecule has 4 aromatic heterocycles. The van der Waals surface area contributed by atoms with E-state index in [9.17, 15) is 0 Å². The van der Waals surface area contributed by atoms with Crippen LogP contribution in [0, 0.1) is 0 Å². The van der Waals surface area contributed by atoms with Crippen molar-refractivity contribution < 1.29 is 8.83 Å². The summed E-state index contributed by atoms with van der Waals surface area (Å²) in [7, 11) is 0. The molecule has 0 aliphatic rings. The standard InChI is InChI=1S/C45H27N3O2/c1-2-9-29(10-3-1)38-27-39(48-45(47-38)32-12-8-11-30(25-32)28-21-23-46-24-22-28)36-20-19-33(43-37-14-5-7-16-41(37)50-44(36)43)31-17-18-35-34-13-4-6-15-40(34)49-42(35)26-31/h1-27H. The molecule has 0 fully saturated rings. The number of rotatable bonds is 5. The molecule has 0 saturated heterocycles. The summed E-state index contributed by atoms with van der Waals surface area (Å²) in [5.41, 5.74) is 12.1. The van der Waals surface area contributed by atoms with E-state index in [-0.39, 0.29) is 0 Å². The van der Waals surface area contributed by atoms with E-state index in [4.69, 9.17) is 18.8 Å². The zero-order valence-electron chi connectivity index (χ0n) is 26.7. The van der Waals surface area contributed by atoms with Crippen LogP contribution in [-0.4, -0.2) is 15.0 Å². The van der Waals surface area contributed by atoms with Gasteiger partial charge in [-0.05, 0) is 76.9 Å². The van der Waals surface area contributed by atoms with Crippen molar-refractivity contribution >= 4 is 43.9 Å². The summed E-state index contributed by atoms with van der Waals surface area (Å²) in [5, 5.41) is 4.30. The van der Waals surface area contributed by atoms with Crippen molar-refractivity contribution in [3.8, 4) is 56.2 Å². The van der Waals surface area contributed by atoms with E-state index in [1.807, 2.05) is 79.1 Å². The van der Waals surface area contributed by atoms with Crippen LogP contribution in [0.15, 0.2) is 173 Å². The van der Waals surface area contributed by atoms with E-state index in [1.54, 1.807) is 0 Å². The molecule has 0 saturated carbocycles. The second-order valence-electron chi connectivity index (χ2n) is 12.4. The lowest BCUT2D eigenvalue weighted by molar-refractivity contribution is 0.668. The van der Waals surface area contributed by atoms with Crippen molar-refractivity contribution in [3.63, 3.8) is 0 Å². The Hall–Kier alpha value is -6.85. The SMILES string of the molecule is c1ccc(-c2cc(-c3ccc(-c4ccc5c(c4)oc4ccccc45)c4c3oc3ccccc34)nc(-c3cccc(-c4ccncc4)c3)n2)cc1. The van der Waals surface area contributed by atoms with Crippen molar-refractivity contribution in [1.82, 2.24) is 15.0 Å². The summed E-state index contributed by atoms with van der Waals surface area (Å²) in [5.74, 6) is 0.640. The lowest BCUT2D eigenvalue weighted by atomic mass is 9.95. The molecule has 0 spiro atoms. The highest BCUT2D eigenvalue weighted by molar-refractivity contribution is 6.17. The Kier molecular flexibility index (Phi) is 6.42. The van der Waals surface area contributed by atoms with Gasteiger partial charge < -0.3 is 8.83 Å². The number of fused-ring (bicyclic) bond motifs is 6. The van der Waals surface area contributed by atoms with Crippen molar-refractivity contribution in [2.24, 2.45) is 0 Å². The number of pyridine rings is 1. The quantitative estimate of drug-likeness (QED) is 0.187. The molecule has 5 heteroatoms. The Morgan fingerprint density at radius 2 is 1.06 bits per heavy atom. The normalized spacial score (nSPS) is 11.6. The Bertz CT molecular complexity index is 2870. The molecule has 0 aliphatic heterocycles. The van der Waals surface area contributed by atoms with Crippen LogP contribution in [0.2, 0.25) is 0 Å². The van der Waals surface area contributed by atoms with Crippen LogP contribution in [-0.2, 0) is 0 Å². The maximum absolute atomic E-state index is 6.71. The fraction of sp³-hybridized carbons (Fsp3) is 0. The number of para-hydroxylation sites is 2. The van der Waals surface area contributed by atoms with Gasteiger partial charge in [0.2, 0.25) is 0 Å². The second kappa shape index (κ2) is 11.4. The largest absolute Gasteiger partial charge is 0.456 e. The lowest BCUT2D eigenvalue weighted by Gasteiger charge is -2.12. The van der Waals surface area contributed by atoms with E-state index >= 15 is 0 Å². The minimum Gasteiger partial charge on any atom is -0.456 e. The van der Waals surface area contributed by atoms with Gasteiger partial charge in [-0.25, -0.2) is 9.97 Å². The van der Waals surface area contributed by atoms with Gasteiger partial charge in [-0.15, -0.1) is 0 Å². The first-order chi connectivity index (χ1) is 24.8. The smallest absolute Gasteiger partial charge is 0.160 e. The van der Waals surface area contributed by atoms with Crippen LogP contribution >= 0.6 is 0 Å². The second-order valence-corrected chi connectivity index (χ2v) is 12.4. The molecule has 0 radical (unpaired) electrons. The lowest BCUT2D eigenvalue weighted by Crippen LogP contribution is -1.96. The van der Waals surface area contributed by atoms with Gasteiger partial charge in [-0.3, -0.25) is 4.98 Å². The van der Waals surface area contributed by atoms with Crippen molar-refractivity contribution in [3.05, 3.63) is 164 Å². The molecule has 0 amide bonds. The van der Waals surface area contributed by atoms with Gasteiger partial charge in [-0.2, -0.15) is 0 Å². The number of hydrogen-bond donors (Lipinski definition) is 0. The van der Waals surface area contributed by atoms with Gasteiger partial charge in [0.05, 0.1) is 11.4 Å². The van der Waals surface area contributed by atoms with Gasteiger partial charge >= 0.3 is 0 Å². The van der Waals surface area contributed by atoms with Crippen LogP contribution < -0.4 is 0 Å². The first-order valence-corrected chi connectivity index (χ1v) is 16.6. The highest BCUT2D eigenvalue weighted by Gasteiger charge is 2.20. The topological polar surface area (TPSA) is 65.0 Å². The molecule has 234 valence electrons. The third-order valence-electron chi connectivity index (χ3n) is 9.42. The van der Waals surface area contributed by atoms with Gasteiger partial charge in [0.1, 0.15) is 22.3 Å². The van der Waals surface area contributed by atoms with E-state index in [0.29, 0.717) is 5.82 Å². The molecule has 10 aromatic rings. The molecule has 0 bridgehead atoms. The average Bonchev–Trinajstić information content (AvgIpc) is 3.77. The predicted molar refractivity (Wildman–Crippen MR) is 202 cm³/mol. The molecular weight excluding hydrogens is 615 g/mol. The molecule has 4 heterocycles. The van der Waals surface area contributed by atoms with Gasteiger partial charge in [0.15, 0.2) is 5.82 Å². The first kappa shape index (κ1) is 28.2. The summed E-state index contributed by atoms with van der Waals surface area (Å²) in [6, 6.07) is 51.8. The van der Waals surface area contributed by atoms with E-state index in [0.717, 1.165) is 94.2 Å². The van der Waals surface area contributed by atoms with Crippen LogP contribution in [0.3, 0.4) is 0 Å². The average molecular weight is 642 g/mol. The third-order valence-corrected chi connectivity index (χ3v) is 9.42. The van der Waals surface area contributed by atoms with E-state index in [1.165, 1.54) is 0 Å². The van der Waals surface area contributed by atoms with Crippen molar-refractivity contribution in [1.29, 1.82) is 0 Å². The first-order valence-electron chi connectivity index (χ1n) is 16.6. The molecule has 0 N–H and O–H groups in total. The minimum atomic E-state index is 0.640. The summed E-state index contributed by atoms with van der Waals surface area (Å²) in [6.45, 7) is 0. The number of aromatic nitrogens is 3. The summed E-state index contributed by atoms with van der Waals surface area (Å²) >= 11 is 0. The van der Waals surface area contributed by atoms with E-state index in [2.05, 4.69) is 89.9 Å². The zero-order chi connectivity index (χ0) is 33.0. The zero-order valence-corrected chi connectivity index (χ0v) is 26.7. The van der Waals surface area contributed by atoms with Gasteiger partial charge in [0, 0.05) is 50.6 Å². The molecule has 0 unspecified atom stereocenters. The highest BCUT2D eigenvalue weighted by atomic mass is 16.3. The summed E-state index contributed by atoms with van der Waals surface area (Å²) < 4.78 is 13.0. The fourth-order valence-corrected chi connectivity index (χ4v) is 7.02. The molecule has 0 aliphatic carbocycles. The number of benzene rings is 6. The van der Waals surface area contributed by atoms with Gasteiger partial charge in [-0.1, -0.05) is 97.1 Å². The molecule has 0 atom stereocenters. The van der Waals surface area contributed by atoms with E-state index < -0.39 is 0 Å². The van der Waals surface area contributed by atoms with Crippen LogP contribution in [0.25, 0.3) is 100 Å². The third kappa shape index (κ3) is 4.67. The van der Waals surface area contributed by atoms with Crippen molar-refractivity contribution in [2.75, 3.05) is 0 Å². The Morgan fingerprint density at radius 3 is 1.92 bits per heavy atom. The van der Waals surface area contributed by atoms with Gasteiger partial charge in [0.25, 0.3) is 0 Å². The maximum atomic E-state index is 6.71. The number of nitrogens with zero attached hydrogens (tertiary/aromatic N) is 3. The Balaban J connectivity index is 1.19. The molecule has 5 nitrogen and oxygen atoms in total. The Morgan fingerprint density at radius 1 is 0.380 bits per heavy atom. The number of furan rings is 2. The highest BCUT2D eigenvalue weighted by Crippen LogP contribution is 2.43. The van der Waals surface area contributed by atoms with Crippen LogP contribution in [0.5, 0.6) is 0 Å². The maximum Gasteiger partial charge on any atom is 0.160 e. The molecular formula is C45H27N3O2. The predicted octanol–water partition coefficient (Wildman–Crippen LogP) is 12.0. The van der Waals surface area contributed by atoms with Crippen LogP contribution in [0.1, 0.15) is 0 Å². The monoisotopic (exact) mass is 641 g/mol. The summed E-state index contributed by atoms with van der Waals surface area (Å²) in [4.78, 5) is 14.5. The summed E-state index contributed by atoms with van der Waals surface area (Å²) in [6.07, 6.45) is 3.62. The van der Waals surface area contributed by atoms with Crippen molar-refractivity contribution in [2.45, 2.75) is 0 Å². The molecule has 6 aromatic carbocycles. The fourth-order valence-electron chi connectivity index (χ4n) is 7.02. The Labute approximate surface area is 287 Å². The molecule has 10 rings (SSSR count).